The lowest BCUT2D eigenvalue weighted by Gasteiger charge is -2.37. The molecule has 10 heteroatoms. The number of aromatic amines is 1. The number of nitrogens with zero attached hydrogens (tertiary/aromatic N) is 1. The van der Waals surface area contributed by atoms with Crippen LogP contribution in [0.15, 0.2) is 50.5 Å². The standard InChI is InChI=1S/C23H25N3O7/c1-12-8-14-9-13(4-5-16(14)31-12)21(28)24-10-17-20-19(32-23(2,3)33-20)15(11-30-17)26-7-6-18(27)25-22(26)29/h4-9,15,17,19-20H,10-11H2,1-3H3,(H,24,28)(H,25,27,29)/t15-,17-,19+,20-/m1/s1. The molecule has 10 nitrogen and oxygen atoms in total. The molecule has 2 aliphatic heterocycles. The average molecular weight is 455 g/mol. The summed E-state index contributed by atoms with van der Waals surface area (Å²) in [5, 5.41) is 3.77. The minimum absolute atomic E-state index is 0.160. The topological polar surface area (TPSA) is 125 Å². The van der Waals surface area contributed by atoms with E-state index in [0.29, 0.717) is 5.56 Å². The van der Waals surface area contributed by atoms with Gasteiger partial charge in [0.1, 0.15) is 29.7 Å². The van der Waals surface area contributed by atoms with E-state index in [1.54, 1.807) is 32.0 Å². The van der Waals surface area contributed by atoms with E-state index < -0.39 is 41.4 Å². The number of fused-ring (bicyclic) bond motifs is 2. The Labute approximate surface area is 188 Å². The van der Waals surface area contributed by atoms with Crippen LogP contribution in [0.1, 0.15) is 36.0 Å². The van der Waals surface area contributed by atoms with Crippen molar-refractivity contribution in [2.24, 2.45) is 0 Å². The van der Waals surface area contributed by atoms with Crippen LogP contribution in [0.2, 0.25) is 0 Å². The number of carbonyl (C=O) groups is 1. The Morgan fingerprint density at radius 1 is 1.18 bits per heavy atom. The van der Waals surface area contributed by atoms with E-state index in [-0.39, 0.29) is 19.1 Å². The van der Waals surface area contributed by atoms with Gasteiger partial charge in [0.25, 0.3) is 11.5 Å². The number of aromatic nitrogens is 2. The number of aryl methyl sites for hydroxylation is 1. The molecule has 33 heavy (non-hydrogen) atoms. The quantitative estimate of drug-likeness (QED) is 0.611. The van der Waals surface area contributed by atoms with Crippen LogP contribution in [0.3, 0.4) is 0 Å². The van der Waals surface area contributed by atoms with Crippen molar-refractivity contribution in [3.05, 3.63) is 68.7 Å². The second kappa shape index (κ2) is 7.98. The molecular formula is C23H25N3O7. The summed E-state index contributed by atoms with van der Waals surface area (Å²) >= 11 is 0. The first-order valence-corrected chi connectivity index (χ1v) is 10.8. The molecule has 2 aliphatic rings. The molecule has 0 bridgehead atoms. The van der Waals surface area contributed by atoms with Crippen molar-refractivity contribution in [1.29, 1.82) is 0 Å². The fraction of sp³-hybridized carbons (Fsp3) is 0.435. The fourth-order valence-electron chi connectivity index (χ4n) is 4.53. The number of hydrogen-bond acceptors (Lipinski definition) is 7. The number of furan rings is 1. The van der Waals surface area contributed by atoms with Crippen molar-refractivity contribution in [2.45, 2.75) is 50.9 Å². The summed E-state index contributed by atoms with van der Waals surface area (Å²) in [5.41, 5.74) is 0.222. The van der Waals surface area contributed by atoms with Crippen molar-refractivity contribution in [3.63, 3.8) is 0 Å². The van der Waals surface area contributed by atoms with Gasteiger partial charge in [-0.15, -0.1) is 0 Å². The second-order valence-electron chi connectivity index (χ2n) is 8.84. The first-order valence-electron chi connectivity index (χ1n) is 10.8. The highest BCUT2D eigenvalue weighted by molar-refractivity contribution is 5.97. The predicted octanol–water partition coefficient (Wildman–Crippen LogP) is 1.48. The molecule has 1 aromatic carbocycles. The van der Waals surface area contributed by atoms with Gasteiger partial charge in [0.05, 0.1) is 12.6 Å². The molecule has 2 saturated heterocycles. The average Bonchev–Trinajstić information content (AvgIpc) is 3.29. The maximum absolute atomic E-state index is 12.8. The van der Waals surface area contributed by atoms with Crippen LogP contribution < -0.4 is 16.6 Å². The van der Waals surface area contributed by atoms with Crippen LogP contribution in [-0.4, -0.2) is 52.7 Å². The molecule has 4 heterocycles. The van der Waals surface area contributed by atoms with E-state index in [1.807, 2.05) is 13.0 Å². The Kier molecular flexibility index (Phi) is 5.23. The Hall–Kier alpha value is -3.21. The molecule has 1 amide bonds. The molecule has 5 rings (SSSR count). The van der Waals surface area contributed by atoms with E-state index in [4.69, 9.17) is 18.6 Å². The van der Waals surface area contributed by atoms with Gasteiger partial charge >= 0.3 is 5.69 Å². The van der Waals surface area contributed by atoms with Gasteiger partial charge in [-0.2, -0.15) is 0 Å². The third kappa shape index (κ3) is 4.12. The van der Waals surface area contributed by atoms with E-state index >= 15 is 0 Å². The molecule has 2 fully saturated rings. The molecule has 2 aromatic heterocycles. The zero-order chi connectivity index (χ0) is 23.3. The number of hydrogen-bond donors (Lipinski definition) is 2. The summed E-state index contributed by atoms with van der Waals surface area (Å²) < 4.78 is 25.1. The number of ether oxygens (including phenoxy) is 3. The van der Waals surface area contributed by atoms with Gasteiger partial charge in [0.2, 0.25) is 0 Å². The van der Waals surface area contributed by atoms with E-state index in [9.17, 15) is 14.4 Å². The summed E-state index contributed by atoms with van der Waals surface area (Å²) in [6.45, 7) is 5.80. The zero-order valence-corrected chi connectivity index (χ0v) is 18.5. The van der Waals surface area contributed by atoms with Gasteiger partial charge in [-0.05, 0) is 45.0 Å². The molecule has 0 spiro atoms. The minimum atomic E-state index is -0.889. The first-order chi connectivity index (χ1) is 15.7. The van der Waals surface area contributed by atoms with Crippen molar-refractivity contribution < 1.29 is 23.4 Å². The van der Waals surface area contributed by atoms with Crippen LogP contribution in [0.5, 0.6) is 0 Å². The van der Waals surface area contributed by atoms with Gasteiger partial charge < -0.3 is 23.9 Å². The smallest absolute Gasteiger partial charge is 0.328 e. The van der Waals surface area contributed by atoms with E-state index in [1.165, 1.54) is 16.8 Å². The highest BCUT2D eigenvalue weighted by atomic mass is 16.8. The number of amides is 1. The van der Waals surface area contributed by atoms with Crippen molar-refractivity contribution in [2.75, 3.05) is 13.2 Å². The molecule has 0 saturated carbocycles. The third-order valence-electron chi connectivity index (χ3n) is 5.96. The molecule has 174 valence electrons. The third-order valence-corrected chi connectivity index (χ3v) is 5.96. The van der Waals surface area contributed by atoms with Crippen LogP contribution in [0.25, 0.3) is 11.0 Å². The molecule has 4 atom stereocenters. The first kappa shape index (κ1) is 21.6. The number of carbonyl (C=O) groups excluding carboxylic acids is 1. The molecule has 3 aromatic rings. The lowest BCUT2D eigenvalue weighted by molar-refractivity contribution is -0.153. The van der Waals surface area contributed by atoms with Crippen LogP contribution in [0.4, 0.5) is 0 Å². The molecule has 2 N–H and O–H groups in total. The largest absolute Gasteiger partial charge is 0.461 e. The normalized spacial score (nSPS) is 26.3. The molecule has 0 radical (unpaired) electrons. The zero-order valence-electron chi connectivity index (χ0n) is 18.5. The summed E-state index contributed by atoms with van der Waals surface area (Å²) in [6.07, 6.45) is -0.0618. The number of nitrogens with one attached hydrogen (secondary N) is 2. The lowest BCUT2D eigenvalue weighted by Crippen LogP contribution is -2.54. The Balaban J connectivity index is 1.32. The van der Waals surface area contributed by atoms with Crippen molar-refractivity contribution in [1.82, 2.24) is 14.9 Å². The van der Waals surface area contributed by atoms with E-state index in [0.717, 1.165) is 16.7 Å². The highest BCUT2D eigenvalue weighted by Gasteiger charge is 2.52. The Bertz CT molecular complexity index is 1320. The van der Waals surface area contributed by atoms with Gasteiger partial charge in [0, 0.05) is 29.8 Å². The fourth-order valence-corrected chi connectivity index (χ4v) is 4.53. The number of H-pyrrole nitrogens is 1. The maximum Gasteiger partial charge on any atom is 0.328 e. The van der Waals surface area contributed by atoms with Gasteiger partial charge in [-0.3, -0.25) is 19.1 Å². The SMILES string of the molecule is Cc1cc2cc(C(=O)NC[C@H]3OC[C@@H](n4ccc(=O)[nH]c4=O)[C@@H]4OC(C)(C)O[C@@H]43)ccc2o1. The van der Waals surface area contributed by atoms with Gasteiger partial charge in [-0.1, -0.05) is 0 Å². The van der Waals surface area contributed by atoms with Crippen molar-refractivity contribution >= 4 is 16.9 Å². The van der Waals surface area contributed by atoms with Crippen LogP contribution in [0, 0.1) is 6.92 Å². The molecule has 0 aliphatic carbocycles. The summed E-state index contributed by atoms with van der Waals surface area (Å²) in [6, 6.07) is 7.94. The highest BCUT2D eigenvalue weighted by Crippen LogP contribution is 2.39. The van der Waals surface area contributed by atoms with Crippen LogP contribution >= 0.6 is 0 Å². The van der Waals surface area contributed by atoms with Gasteiger partial charge in [-0.25, -0.2) is 4.79 Å². The van der Waals surface area contributed by atoms with Crippen LogP contribution in [-0.2, 0) is 14.2 Å². The monoisotopic (exact) mass is 455 g/mol. The Morgan fingerprint density at radius 3 is 2.76 bits per heavy atom. The lowest BCUT2D eigenvalue weighted by atomic mass is 9.97. The Morgan fingerprint density at radius 2 is 1.97 bits per heavy atom. The second-order valence-corrected chi connectivity index (χ2v) is 8.84. The predicted molar refractivity (Wildman–Crippen MR) is 117 cm³/mol. The number of benzene rings is 1. The summed E-state index contributed by atoms with van der Waals surface area (Å²) in [7, 11) is 0. The van der Waals surface area contributed by atoms with Gasteiger partial charge in [0.15, 0.2) is 5.79 Å². The van der Waals surface area contributed by atoms with Crippen molar-refractivity contribution in [3.8, 4) is 0 Å². The summed E-state index contributed by atoms with van der Waals surface area (Å²) in [4.78, 5) is 38.8. The number of rotatable bonds is 4. The minimum Gasteiger partial charge on any atom is -0.461 e. The summed E-state index contributed by atoms with van der Waals surface area (Å²) in [5.74, 6) is -0.353. The van der Waals surface area contributed by atoms with E-state index in [2.05, 4.69) is 10.3 Å². The molecule has 0 unspecified atom stereocenters. The maximum atomic E-state index is 12.8. The molecular weight excluding hydrogens is 430 g/mol.